The second-order valence-electron chi connectivity index (χ2n) is 7.16. The van der Waals surface area contributed by atoms with Crippen LogP contribution in [0.3, 0.4) is 0 Å². The van der Waals surface area contributed by atoms with Crippen LogP contribution in [0.5, 0.6) is 0 Å². The van der Waals surface area contributed by atoms with Crippen molar-refractivity contribution in [2.24, 2.45) is 35.5 Å². The molecule has 1 aliphatic heterocycles. The highest BCUT2D eigenvalue weighted by Crippen LogP contribution is 2.68. The summed E-state index contributed by atoms with van der Waals surface area (Å²) >= 11 is 6.90. The van der Waals surface area contributed by atoms with Crippen molar-refractivity contribution in [1.29, 1.82) is 0 Å². The molecule has 0 N–H and O–H groups in total. The van der Waals surface area contributed by atoms with Crippen molar-refractivity contribution in [1.82, 2.24) is 0 Å². The van der Waals surface area contributed by atoms with E-state index in [-0.39, 0.29) is 23.7 Å². The highest BCUT2D eigenvalue weighted by atomic mass is 79.9. The number of benzene rings is 1. The fourth-order valence-corrected chi connectivity index (χ4v) is 6.73. The molecule has 6 rings (SSSR count). The zero-order valence-corrected chi connectivity index (χ0v) is 15.0. The Morgan fingerprint density at radius 3 is 1.82 bits per heavy atom. The predicted molar refractivity (Wildman–Crippen MR) is 89.1 cm³/mol. The standard InChI is InChI=1S/C17H15Br2NO2/c18-7-3-8(19)5-9(4-7)20-16(21)14-10-1-2-11(13-6-12(10)13)15(14)17(20)22/h3-5,10-15H,1-2,6H2/t10-,11+,12-,13+,14-,15+. The molecule has 6 atom stereocenters. The molecule has 0 unspecified atom stereocenters. The van der Waals surface area contributed by atoms with Crippen LogP contribution in [0.1, 0.15) is 19.3 Å². The Hall–Kier alpha value is -0.680. The van der Waals surface area contributed by atoms with E-state index < -0.39 is 0 Å². The van der Waals surface area contributed by atoms with Crippen LogP contribution in [0.4, 0.5) is 5.69 Å². The van der Waals surface area contributed by atoms with Gasteiger partial charge in [-0.1, -0.05) is 31.9 Å². The van der Waals surface area contributed by atoms with Crippen LogP contribution in [0.25, 0.3) is 0 Å². The molecule has 2 bridgehead atoms. The largest absolute Gasteiger partial charge is 0.274 e. The molecule has 5 heteroatoms. The van der Waals surface area contributed by atoms with Crippen molar-refractivity contribution in [3.05, 3.63) is 27.1 Å². The van der Waals surface area contributed by atoms with Crippen molar-refractivity contribution < 1.29 is 9.59 Å². The van der Waals surface area contributed by atoms with Gasteiger partial charge in [0, 0.05) is 8.95 Å². The van der Waals surface area contributed by atoms with Gasteiger partial charge in [-0.05, 0) is 61.1 Å². The second kappa shape index (κ2) is 4.44. The van der Waals surface area contributed by atoms with E-state index in [2.05, 4.69) is 31.9 Å². The summed E-state index contributed by atoms with van der Waals surface area (Å²) in [7, 11) is 0. The van der Waals surface area contributed by atoms with Crippen LogP contribution in [-0.4, -0.2) is 11.8 Å². The van der Waals surface area contributed by atoms with Gasteiger partial charge in [0.25, 0.3) is 0 Å². The number of carbonyl (C=O) groups is 2. The molecule has 0 spiro atoms. The van der Waals surface area contributed by atoms with Gasteiger partial charge >= 0.3 is 0 Å². The van der Waals surface area contributed by atoms with Gasteiger partial charge in [0.15, 0.2) is 0 Å². The van der Waals surface area contributed by atoms with Gasteiger partial charge in [-0.15, -0.1) is 0 Å². The Balaban J connectivity index is 1.59. The lowest BCUT2D eigenvalue weighted by atomic mass is 9.59. The van der Waals surface area contributed by atoms with Crippen LogP contribution in [0.15, 0.2) is 27.1 Å². The molecule has 4 aliphatic carbocycles. The van der Waals surface area contributed by atoms with E-state index in [9.17, 15) is 9.59 Å². The van der Waals surface area contributed by atoms with Gasteiger partial charge in [-0.2, -0.15) is 0 Å². The first-order valence-corrected chi connectivity index (χ1v) is 9.49. The molecular weight excluding hydrogens is 410 g/mol. The molecule has 1 saturated heterocycles. The molecule has 5 aliphatic rings. The van der Waals surface area contributed by atoms with Gasteiger partial charge in [0.05, 0.1) is 17.5 Å². The Morgan fingerprint density at radius 1 is 0.818 bits per heavy atom. The number of hydrogen-bond donors (Lipinski definition) is 0. The van der Waals surface area contributed by atoms with Gasteiger partial charge in [0.2, 0.25) is 11.8 Å². The zero-order chi connectivity index (χ0) is 15.2. The van der Waals surface area contributed by atoms with Gasteiger partial charge in [0.1, 0.15) is 0 Å². The maximum Gasteiger partial charge on any atom is 0.237 e. The lowest BCUT2D eigenvalue weighted by molar-refractivity contribution is -0.129. The van der Waals surface area contributed by atoms with Crippen LogP contribution in [0, 0.1) is 35.5 Å². The van der Waals surface area contributed by atoms with Crippen molar-refractivity contribution in [3.8, 4) is 0 Å². The van der Waals surface area contributed by atoms with Crippen LogP contribution >= 0.6 is 31.9 Å². The van der Waals surface area contributed by atoms with E-state index in [1.807, 2.05) is 18.2 Å². The minimum Gasteiger partial charge on any atom is -0.274 e. The fraction of sp³-hybridized carbons (Fsp3) is 0.529. The molecule has 1 aromatic rings. The topological polar surface area (TPSA) is 37.4 Å². The normalized spacial score (nSPS) is 41.6. The minimum absolute atomic E-state index is 0.0417. The molecular formula is C17H15Br2NO2. The summed E-state index contributed by atoms with van der Waals surface area (Å²) in [4.78, 5) is 27.5. The highest BCUT2D eigenvalue weighted by Gasteiger charge is 2.68. The van der Waals surface area contributed by atoms with E-state index in [0.717, 1.165) is 33.6 Å². The van der Waals surface area contributed by atoms with Crippen LogP contribution in [0.2, 0.25) is 0 Å². The van der Waals surface area contributed by atoms with Crippen LogP contribution < -0.4 is 4.90 Å². The Morgan fingerprint density at radius 2 is 1.32 bits per heavy atom. The molecule has 22 heavy (non-hydrogen) atoms. The second-order valence-corrected chi connectivity index (χ2v) is 8.99. The summed E-state index contributed by atoms with van der Waals surface area (Å²) in [5.41, 5.74) is 0.693. The smallest absolute Gasteiger partial charge is 0.237 e. The first-order chi connectivity index (χ1) is 10.6. The first kappa shape index (κ1) is 13.7. The molecule has 1 heterocycles. The number of hydrogen-bond acceptors (Lipinski definition) is 2. The summed E-state index contributed by atoms with van der Waals surface area (Å²) < 4.78 is 1.75. The van der Waals surface area contributed by atoms with E-state index in [1.54, 1.807) is 0 Å². The molecule has 1 aromatic carbocycles. The molecule has 2 amide bonds. The predicted octanol–water partition coefficient (Wildman–Crippen LogP) is 3.99. The van der Waals surface area contributed by atoms with E-state index >= 15 is 0 Å². The molecule has 114 valence electrons. The monoisotopic (exact) mass is 423 g/mol. The van der Waals surface area contributed by atoms with Crippen molar-refractivity contribution >= 4 is 49.4 Å². The Bertz CT molecular complexity index is 664. The highest BCUT2D eigenvalue weighted by molar-refractivity contribution is 9.11. The number of rotatable bonds is 1. The number of nitrogens with zero attached hydrogens (tertiary/aromatic N) is 1. The Kier molecular flexibility index (Phi) is 2.77. The third-order valence-corrected chi connectivity index (χ3v) is 7.17. The zero-order valence-electron chi connectivity index (χ0n) is 11.8. The third kappa shape index (κ3) is 1.67. The van der Waals surface area contributed by atoms with Crippen molar-refractivity contribution in [2.45, 2.75) is 19.3 Å². The number of anilines is 1. The molecule has 0 radical (unpaired) electrons. The Labute approximate surface area is 145 Å². The summed E-state index contributed by atoms with van der Waals surface area (Å²) in [6.45, 7) is 0. The SMILES string of the molecule is O=C1[C@@H]2[C@@H]3CC[C@@H]([C@@H]4C[C@@H]43)[C@@H]2C(=O)N1c1cc(Br)cc(Br)c1. The van der Waals surface area contributed by atoms with E-state index in [1.165, 1.54) is 11.3 Å². The maximum atomic E-state index is 13.0. The lowest BCUT2D eigenvalue weighted by Crippen LogP contribution is -2.43. The number of fused-ring (bicyclic) bond motifs is 1. The molecule has 5 fully saturated rings. The molecule has 4 saturated carbocycles. The van der Waals surface area contributed by atoms with E-state index in [0.29, 0.717) is 17.5 Å². The number of imide groups is 1. The molecule has 3 nitrogen and oxygen atoms in total. The third-order valence-electron chi connectivity index (χ3n) is 6.25. The maximum absolute atomic E-state index is 13.0. The summed E-state index contributed by atoms with van der Waals surface area (Å²) in [6.07, 6.45) is 3.54. The van der Waals surface area contributed by atoms with E-state index in [4.69, 9.17) is 0 Å². The van der Waals surface area contributed by atoms with Gasteiger partial charge < -0.3 is 0 Å². The molecule has 0 aromatic heterocycles. The minimum atomic E-state index is -0.0484. The quantitative estimate of drug-likeness (QED) is 0.639. The summed E-state index contributed by atoms with van der Waals surface area (Å²) in [5, 5.41) is 0. The first-order valence-electron chi connectivity index (χ1n) is 7.90. The average Bonchev–Trinajstić information content (AvgIpc) is 3.23. The number of halogens is 2. The van der Waals surface area contributed by atoms with Crippen LogP contribution in [-0.2, 0) is 9.59 Å². The number of carbonyl (C=O) groups excluding carboxylic acids is 2. The van der Waals surface area contributed by atoms with Gasteiger partial charge in [-0.25, -0.2) is 4.90 Å². The lowest BCUT2D eigenvalue weighted by Gasteiger charge is -2.42. The average molecular weight is 425 g/mol. The fourth-order valence-electron chi connectivity index (χ4n) is 5.46. The van der Waals surface area contributed by atoms with Crippen molar-refractivity contribution in [2.75, 3.05) is 4.90 Å². The number of amides is 2. The van der Waals surface area contributed by atoms with Crippen molar-refractivity contribution in [3.63, 3.8) is 0 Å². The van der Waals surface area contributed by atoms with Gasteiger partial charge in [-0.3, -0.25) is 9.59 Å². The summed E-state index contributed by atoms with van der Waals surface area (Å²) in [5.74, 6) is 2.35. The summed E-state index contributed by atoms with van der Waals surface area (Å²) in [6, 6.07) is 5.64.